The molecule has 0 unspecified atom stereocenters. The summed E-state index contributed by atoms with van der Waals surface area (Å²) >= 11 is 0. The lowest BCUT2D eigenvalue weighted by Gasteiger charge is -2.29. The zero-order valence-electron chi connectivity index (χ0n) is 9.48. The van der Waals surface area contributed by atoms with Crippen LogP contribution in [0, 0.1) is 18.6 Å². The number of nitrogens with one attached hydrogen (secondary N) is 2. The molecule has 0 amide bonds. The van der Waals surface area contributed by atoms with E-state index in [1.807, 2.05) is 6.92 Å². The van der Waals surface area contributed by atoms with E-state index in [1.54, 1.807) is 19.1 Å². The van der Waals surface area contributed by atoms with Gasteiger partial charge in [-0.1, -0.05) is 12.1 Å². The van der Waals surface area contributed by atoms with Crippen molar-refractivity contribution >= 4 is 0 Å². The van der Waals surface area contributed by atoms with E-state index in [2.05, 4.69) is 10.6 Å². The Morgan fingerprint density at radius 3 is 2.38 bits per heavy atom. The third-order valence-electron chi connectivity index (χ3n) is 3.09. The molecule has 1 aromatic rings. The molecule has 0 aromatic heterocycles. The normalized spacial score (nSPS) is 25.8. The van der Waals surface area contributed by atoms with E-state index in [9.17, 15) is 8.78 Å². The van der Waals surface area contributed by atoms with E-state index in [4.69, 9.17) is 0 Å². The zero-order valence-corrected chi connectivity index (χ0v) is 9.48. The quantitative estimate of drug-likeness (QED) is 0.764. The van der Waals surface area contributed by atoms with Gasteiger partial charge in [0.1, 0.15) is 0 Å². The standard InChI is InChI=1S/C12H16F2N2/c1-7-3-4-10(12(14)11(7)13)9-5-15-8(2)16-6-9/h3-4,8-9,15-16H,5-6H2,1-2H3. The second-order valence-electron chi connectivity index (χ2n) is 4.33. The summed E-state index contributed by atoms with van der Waals surface area (Å²) in [5.41, 5.74) is 0.807. The molecule has 88 valence electrons. The molecular formula is C12H16F2N2. The number of halogens is 2. The van der Waals surface area contributed by atoms with Crippen LogP contribution in [0.15, 0.2) is 12.1 Å². The van der Waals surface area contributed by atoms with Gasteiger partial charge in [0.05, 0.1) is 6.17 Å². The molecule has 1 fully saturated rings. The van der Waals surface area contributed by atoms with Gasteiger partial charge in [0.2, 0.25) is 0 Å². The fraction of sp³-hybridized carbons (Fsp3) is 0.500. The molecule has 16 heavy (non-hydrogen) atoms. The van der Waals surface area contributed by atoms with Gasteiger partial charge >= 0.3 is 0 Å². The fourth-order valence-corrected chi connectivity index (χ4v) is 1.98. The molecule has 0 atom stereocenters. The Balaban J connectivity index is 2.24. The Hall–Kier alpha value is -1.00. The minimum absolute atomic E-state index is 0.00806. The first-order chi connectivity index (χ1) is 7.59. The van der Waals surface area contributed by atoms with Crippen molar-refractivity contribution in [2.24, 2.45) is 0 Å². The Kier molecular flexibility index (Phi) is 3.21. The highest BCUT2D eigenvalue weighted by molar-refractivity contribution is 5.29. The van der Waals surface area contributed by atoms with Gasteiger partial charge in [-0.15, -0.1) is 0 Å². The van der Waals surface area contributed by atoms with E-state index in [0.717, 1.165) is 0 Å². The van der Waals surface area contributed by atoms with Crippen molar-refractivity contribution in [2.45, 2.75) is 25.9 Å². The summed E-state index contributed by atoms with van der Waals surface area (Å²) in [5, 5.41) is 6.38. The van der Waals surface area contributed by atoms with Gasteiger partial charge in [0, 0.05) is 19.0 Å². The Labute approximate surface area is 94.0 Å². The molecule has 2 N–H and O–H groups in total. The third-order valence-corrected chi connectivity index (χ3v) is 3.09. The average molecular weight is 226 g/mol. The van der Waals surface area contributed by atoms with Crippen LogP contribution in [0.2, 0.25) is 0 Å². The van der Waals surface area contributed by atoms with Crippen LogP contribution in [0.4, 0.5) is 8.78 Å². The lowest BCUT2D eigenvalue weighted by molar-refractivity contribution is 0.352. The molecule has 1 aliphatic rings. The van der Waals surface area contributed by atoms with Gasteiger partial charge in [0.15, 0.2) is 11.6 Å². The van der Waals surface area contributed by atoms with Gasteiger partial charge < -0.3 is 10.6 Å². The van der Waals surface area contributed by atoms with Crippen molar-refractivity contribution in [1.82, 2.24) is 10.6 Å². The molecule has 0 bridgehead atoms. The largest absolute Gasteiger partial charge is 0.301 e. The highest BCUT2D eigenvalue weighted by atomic mass is 19.2. The van der Waals surface area contributed by atoms with Crippen LogP contribution in [0.3, 0.4) is 0 Å². The average Bonchev–Trinajstić information content (AvgIpc) is 2.28. The smallest absolute Gasteiger partial charge is 0.162 e. The van der Waals surface area contributed by atoms with Crippen molar-refractivity contribution in [3.63, 3.8) is 0 Å². The van der Waals surface area contributed by atoms with Crippen LogP contribution < -0.4 is 10.6 Å². The molecule has 2 rings (SSSR count). The highest BCUT2D eigenvalue weighted by Crippen LogP contribution is 2.23. The van der Waals surface area contributed by atoms with Crippen molar-refractivity contribution in [3.05, 3.63) is 34.9 Å². The van der Waals surface area contributed by atoms with E-state index in [-0.39, 0.29) is 12.1 Å². The van der Waals surface area contributed by atoms with Gasteiger partial charge in [-0.3, -0.25) is 0 Å². The fourth-order valence-electron chi connectivity index (χ4n) is 1.98. The number of hydrogen-bond donors (Lipinski definition) is 2. The second-order valence-corrected chi connectivity index (χ2v) is 4.33. The topological polar surface area (TPSA) is 24.1 Å². The minimum atomic E-state index is -0.726. The van der Waals surface area contributed by atoms with Crippen LogP contribution in [-0.2, 0) is 0 Å². The number of benzene rings is 1. The van der Waals surface area contributed by atoms with Crippen molar-refractivity contribution in [3.8, 4) is 0 Å². The van der Waals surface area contributed by atoms with E-state index < -0.39 is 11.6 Å². The molecular weight excluding hydrogens is 210 g/mol. The van der Waals surface area contributed by atoms with Gasteiger partial charge in [0.25, 0.3) is 0 Å². The summed E-state index contributed by atoms with van der Waals surface area (Å²) in [7, 11) is 0. The number of hydrogen-bond acceptors (Lipinski definition) is 2. The molecule has 4 heteroatoms. The number of rotatable bonds is 1. The monoisotopic (exact) mass is 226 g/mol. The van der Waals surface area contributed by atoms with Gasteiger partial charge in [-0.2, -0.15) is 0 Å². The molecule has 0 spiro atoms. The molecule has 0 radical (unpaired) electrons. The summed E-state index contributed by atoms with van der Waals surface area (Å²) in [6.07, 6.45) is 0.231. The van der Waals surface area contributed by atoms with Crippen molar-refractivity contribution in [2.75, 3.05) is 13.1 Å². The third kappa shape index (κ3) is 2.08. The van der Waals surface area contributed by atoms with Crippen LogP contribution >= 0.6 is 0 Å². The van der Waals surface area contributed by atoms with Gasteiger partial charge in [-0.25, -0.2) is 8.78 Å². The Morgan fingerprint density at radius 2 is 1.75 bits per heavy atom. The maximum atomic E-state index is 13.7. The zero-order chi connectivity index (χ0) is 11.7. The van der Waals surface area contributed by atoms with Crippen LogP contribution in [0.5, 0.6) is 0 Å². The molecule has 1 aromatic carbocycles. The first-order valence-corrected chi connectivity index (χ1v) is 5.51. The number of aryl methyl sites for hydroxylation is 1. The first kappa shape index (κ1) is 11.5. The van der Waals surface area contributed by atoms with Crippen LogP contribution in [-0.4, -0.2) is 19.3 Å². The van der Waals surface area contributed by atoms with E-state index in [0.29, 0.717) is 24.2 Å². The molecule has 0 aliphatic carbocycles. The van der Waals surface area contributed by atoms with Crippen molar-refractivity contribution in [1.29, 1.82) is 0 Å². The van der Waals surface area contributed by atoms with Gasteiger partial charge in [-0.05, 0) is 25.0 Å². The summed E-state index contributed by atoms with van der Waals surface area (Å²) in [4.78, 5) is 0. The summed E-state index contributed by atoms with van der Waals surface area (Å²) in [5.74, 6) is -1.44. The van der Waals surface area contributed by atoms with E-state index >= 15 is 0 Å². The lowest BCUT2D eigenvalue weighted by Crippen LogP contribution is -2.50. The van der Waals surface area contributed by atoms with E-state index in [1.165, 1.54) is 0 Å². The SMILES string of the molecule is Cc1ccc(C2CNC(C)NC2)c(F)c1F. The van der Waals surface area contributed by atoms with Crippen LogP contribution in [0.25, 0.3) is 0 Å². The lowest BCUT2D eigenvalue weighted by atomic mass is 9.95. The predicted molar refractivity (Wildman–Crippen MR) is 59.3 cm³/mol. The Bertz CT molecular complexity index is 385. The molecule has 1 heterocycles. The maximum Gasteiger partial charge on any atom is 0.162 e. The summed E-state index contributed by atoms with van der Waals surface area (Å²) < 4.78 is 27.1. The second kappa shape index (κ2) is 4.47. The van der Waals surface area contributed by atoms with Crippen molar-refractivity contribution < 1.29 is 8.78 Å². The predicted octanol–water partition coefficient (Wildman–Crippen LogP) is 1.90. The molecule has 1 saturated heterocycles. The highest BCUT2D eigenvalue weighted by Gasteiger charge is 2.23. The summed E-state index contributed by atoms with van der Waals surface area (Å²) in [6.45, 7) is 4.92. The van der Waals surface area contributed by atoms with Crippen LogP contribution in [0.1, 0.15) is 24.0 Å². The molecule has 0 saturated carbocycles. The summed E-state index contributed by atoms with van der Waals surface area (Å²) in [6, 6.07) is 3.31. The minimum Gasteiger partial charge on any atom is -0.301 e. The molecule has 1 aliphatic heterocycles. The first-order valence-electron chi connectivity index (χ1n) is 5.51. The molecule has 2 nitrogen and oxygen atoms in total. The maximum absolute atomic E-state index is 13.7. The Morgan fingerprint density at radius 1 is 1.12 bits per heavy atom.